The van der Waals surface area contributed by atoms with Gasteiger partial charge in [0.1, 0.15) is 16.7 Å². The summed E-state index contributed by atoms with van der Waals surface area (Å²) in [5, 5.41) is 19.4. The summed E-state index contributed by atoms with van der Waals surface area (Å²) in [6.07, 6.45) is 2.41. The highest BCUT2D eigenvalue weighted by Crippen LogP contribution is 2.16. The second kappa shape index (κ2) is 7.47. The van der Waals surface area contributed by atoms with Gasteiger partial charge in [0, 0.05) is 19.3 Å². The number of carbonyl (C=O) groups is 1. The van der Waals surface area contributed by atoms with Gasteiger partial charge in [-0.05, 0) is 18.1 Å². The van der Waals surface area contributed by atoms with Gasteiger partial charge in [0.05, 0.1) is 5.35 Å². The SMILES string of the molecule is C=C(/C=c1/nn[nH]c1=C)C(=C)Nc1c(C(=O)NCCC)c(=O)[nH]n1C. The Kier molecular flexibility index (Phi) is 5.38. The minimum absolute atomic E-state index is 0.0100. The summed E-state index contributed by atoms with van der Waals surface area (Å²) in [7, 11) is 1.62. The molecule has 2 rings (SSSR count). The maximum atomic E-state index is 12.2. The third kappa shape index (κ3) is 3.94. The van der Waals surface area contributed by atoms with Crippen molar-refractivity contribution in [2.45, 2.75) is 13.3 Å². The van der Waals surface area contributed by atoms with E-state index in [1.165, 1.54) is 4.68 Å². The van der Waals surface area contributed by atoms with Crippen LogP contribution in [-0.2, 0) is 7.05 Å². The molecule has 0 saturated heterocycles. The van der Waals surface area contributed by atoms with Crippen LogP contribution in [0.2, 0.25) is 0 Å². The number of hydrogen-bond donors (Lipinski definition) is 4. The van der Waals surface area contributed by atoms with Gasteiger partial charge in [-0.2, -0.15) is 0 Å². The maximum absolute atomic E-state index is 12.2. The average molecular weight is 343 g/mol. The molecule has 0 aliphatic heterocycles. The number of amides is 1. The molecule has 0 atom stereocenters. The van der Waals surface area contributed by atoms with Crippen molar-refractivity contribution in [2.24, 2.45) is 7.05 Å². The average Bonchev–Trinajstić information content (AvgIpc) is 3.08. The minimum Gasteiger partial charge on any atom is -0.352 e. The second-order valence-electron chi connectivity index (χ2n) is 5.43. The molecule has 0 fully saturated rings. The van der Waals surface area contributed by atoms with E-state index >= 15 is 0 Å². The van der Waals surface area contributed by atoms with Crippen molar-refractivity contribution in [1.82, 2.24) is 30.5 Å². The van der Waals surface area contributed by atoms with Crippen molar-refractivity contribution < 1.29 is 4.79 Å². The number of allylic oxidation sites excluding steroid dienone is 1. The molecule has 0 unspecified atom stereocenters. The Labute approximate surface area is 143 Å². The van der Waals surface area contributed by atoms with Gasteiger partial charge in [0.2, 0.25) is 0 Å². The molecule has 4 N–H and O–H groups in total. The molecule has 0 saturated carbocycles. The monoisotopic (exact) mass is 343 g/mol. The first-order chi connectivity index (χ1) is 11.8. The van der Waals surface area contributed by atoms with E-state index in [0.717, 1.165) is 6.42 Å². The minimum atomic E-state index is -0.488. The van der Waals surface area contributed by atoms with Gasteiger partial charge in [-0.25, -0.2) is 0 Å². The highest BCUT2D eigenvalue weighted by Gasteiger charge is 2.20. The third-order valence-electron chi connectivity index (χ3n) is 3.45. The molecule has 0 aliphatic rings. The Morgan fingerprint density at radius 2 is 2.12 bits per heavy atom. The molecule has 9 nitrogen and oxygen atoms in total. The Balaban J connectivity index is 2.28. The molecule has 9 heteroatoms. The fourth-order valence-corrected chi connectivity index (χ4v) is 2.07. The summed E-state index contributed by atoms with van der Waals surface area (Å²) in [5.74, 6) is -0.154. The lowest BCUT2D eigenvalue weighted by Crippen LogP contribution is -2.29. The molecule has 132 valence electrons. The lowest BCUT2D eigenvalue weighted by atomic mass is 10.2. The number of carbonyl (C=O) groups excluding carboxylic acids is 1. The Bertz CT molecular complexity index is 977. The zero-order chi connectivity index (χ0) is 18.6. The van der Waals surface area contributed by atoms with Gasteiger partial charge in [-0.3, -0.25) is 24.5 Å². The summed E-state index contributed by atoms with van der Waals surface area (Å²) in [6, 6.07) is 0. The third-order valence-corrected chi connectivity index (χ3v) is 3.45. The first-order valence-corrected chi connectivity index (χ1v) is 7.65. The van der Waals surface area contributed by atoms with Gasteiger partial charge >= 0.3 is 0 Å². The molecule has 0 aromatic carbocycles. The fraction of sp³-hybridized carbons (Fsp3) is 0.250. The van der Waals surface area contributed by atoms with Crippen LogP contribution in [-0.4, -0.2) is 37.6 Å². The van der Waals surface area contributed by atoms with Crippen molar-refractivity contribution >= 4 is 24.4 Å². The molecular weight excluding hydrogens is 322 g/mol. The van der Waals surface area contributed by atoms with E-state index in [4.69, 9.17) is 0 Å². The number of nitrogens with zero attached hydrogens (tertiary/aromatic N) is 3. The maximum Gasteiger partial charge on any atom is 0.279 e. The molecule has 25 heavy (non-hydrogen) atoms. The lowest BCUT2D eigenvalue weighted by molar-refractivity contribution is 0.0953. The Morgan fingerprint density at radius 3 is 2.72 bits per heavy atom. The molecule has 0 bridgehead atoms. The van der Waals surface area contributed by atoms with Gasteiger partial charge in [-0.1, -0.05) is 31.9 Å². The van der Waals surface area contributed by atoms with Crippen LogP contribution in [0, 0.1) is 0 Å². The van der Waals surface area contributed by atoms with E-state index in [1.807, 2.05) is 6.92 Å². The number of aromatic amines is 2. The van der Waals surface area contributed by atoms with Crippen LogP contribution < -0.4 is 26.9 Å². The normalized spacial score (nSPS) is 11.4. The summed E-state index contributed by atoms with van der Waals surface area (Å²) < 4.78 is 1.42. The lowest BCUT2D eigenvalue weighted by Gasteiger charge is -2.12. The number of aromatic nitrogens is 5. The molecule has 0 radical (unpaired) electrons. The van der Waals surface area contributed by atoms with Crippen LogP contribution in [0.5, 0.6) is 0 Å². The summed E-state index contributed by atoms with van der Waals surface area (Å²) in [4.78, 5) is 24.3. The van der Waals surface area contributed by atoms with E-state index in [9.17, 15) is 9.59 Å². The van der Waals surface area contributed by atoms with E-state index in [-0.39, 0.29) is 5.56 Å². The molecule has 1 amide bonds. The van der Waals surface area contributed by atoms with E-state index in [2.05, 4.69) is 50.9 Å². The molecule has 2 heterocycles. The smallest absolute Gasteiger partial charge is 0.279 e. The van der Waals surface area contributed by atoms with Crippen LogP contribution in [0.15, 0.2) is 29.2 Å². The molecular formula is C16H21N7O2. The highest BCUT2D eigenvalue weighted by molar-refractivity contribution is 5.99. The second-order valence-corrected chi connectivity index (χ2v) is 5.43. The first kappa shape index (κ1) is 18.0. The van der Waals surface area contributed by atoms with Crippen LogP contribution in [0.25, 0.3) is 12.7 Å². The van der Waals surface area contributed by atoms with Crippen LogP contribution in [0.3, 0.4) is 0 Å². The van der Waals surface area contributed by atoms with E-state index in [0.29, 0.717) is 34.3 Å². The molecule has 0 aliphatic carbocycles. The van der Waals surface area contributed by atoms with Crippen LogP contribution in [0.1, 0.15) is 23.7 Å². The van der Waals surface area contributed by atoms with E-state index < -0.39 is 11.5 Å². The number of aryl methyl sites for hydroxylation is 1. The zero-order valence-electron chi connectivity index (χ0n) is 14.3. The summed E-state index contributed by atoms with van der Waals surface area (Å²) in [6.45, 7) is 14.0. The van der Waals surface area contributed by atoms with Crippen LogP contribution in [0.4, 0.5) is 5.82 Å². The van der Waals surface area contributed by atoms with Crippen molar-refractivity contribution in [1.29, 1.82) is 0 Å². The fourth-order valence-electron chi connectivity index (χ4n) is 2.07. The standard InChI is InChI=1S/C16H21N7O2/c1-6-7-17-15(24)13-14(23(5)21-16(13)25)18-10(3)9(2)8-12-11(4)19-22-20-12/h8,18H,2-4,6-7H2,1,5H3,(H,17,24)(H,19,20)(H,21,25)/b12-8+. The van der Waals surface area contributed by atoms with Gasteiger partial charge in [0.25, 0.3) is 11.5 Å². The Hall–Kier alpha value is -3.36. The number of nitrogens with one attached hydrogen (secondary N) is 4. The van der Waals surface area contributed by atoms with Crippen molar-refractivity contribution in [3.05, 3.63) is 51.0 Å². The number of anilines is 1. The molecule has 0 spiro atoms. The molecule has 2 aromatic heterocycles. The zero-order valence-corrected chi connectivity index (χ0v) is 14.3. The van der Waals surface area contributed by atoms with E-state index in [1.54, 1.807) is 13.1 Å². The highest BCUT2D eigenvalue weighted by atomic mass is 16.2. The van der Waals surface area contributed by atoms with Gasteiger partial charge in [0.15, 0.2) is 0 Å². The van der Waals surface area contributed by atoms with Crippen LogP contribution >= 0.6 is 0 Å². The largest absolute Gasteiger partial charge is 0.352 e. The number of hydrogen-bond acceptors (Lipinski definition) is 5. The predicted molar refractivity (Wildman–Crippen MR) is 96.2 cm³/mol. The quantitative estimate of drug-likeness (QED) is 0.498. The Morgan fingerprint density at radius 1 is 1.40 bits per heavy atom. The first-order valence-electron chi connectivity index (χ1n) is 7.65. The summed E-state index contributed by atoms with van der Waals surface area (Å²) >= 11 is 0. The number of rotatable bonds is 7. The summed E-state index contributed by atoms with van der Waals surface area (Å²) in [5.41, 5.74) is 0.413. The van der Waals surface area contributed by atoms with Crippen molar-refractivity contribution in [3.8, 4) is 0 Å². The van der Waals surface area contributed by atoms with Crippen molar-refractivity contribution in [3.63, 3.8) is 0 Å². The van der Waals surface area contributed by atoms with Crippen molar-refractivity contribution in [2.75, 3.05) is 11.9 Å². The number of H-pyrrole nitrogens is 2. The topological polar surface area (TPSA) is 120 Å². The van der Waals surface area contributed by atoms with Gasteiger partial charge < -0.3 is 10.6 Å². The van der Waals surface area contributed by atoms with Gasteiger partial charge in [-0.15, -0.1) is 5.10 Å². The molecule has 2 aromatic rings. The predicted octanol–water partition coefficient (Wildman–Crippen LogP) is -0.656.